The van der Waals surface area contributed by atoms with E-state index in [0.717, 1.165) is 0 Å². The quantitative estimate of drug-likeness (QED) is 0.725. The van der Waals surface area contributed by atoms with Crippen molar-refractivity contribution in [3.05, 3.63) is 23.4 Å². The molecule has 0 spiro atoms. The Labute approximate surface area is 96.1 Å². The molecule has 0 saturated heterocycles. The van der Waals surface area contributed by atoms with E-state index in [-0.39, 0.29) is 11.4 Å². The first-order valence-corrected chi connectivity index (χ1v) is 4.82. The lowest BCUT2D eigenvalue weighted by Gasteiger charge is -2.11. The van der Waals surface area contributed by atoms with Crippen LogP contribution in [-0.2, 0) is 0 Å². The molecule has 1 heterocycles. The molecule has 1 atom stereocenters. The average molecular weight is 246 g/mol. The van der Waals surface area contributed by atoms with Crippen LogP contribution in [0.4, 0.5) is 14.6 Å². The highest BCUT2D eigenvalue weighted by atomic mass is 19.3. The molecule has 0 aromatic carbocycles. The molecule has 0 amide bonds. The minimum Gasteiger partial charge on any atom is -0.478 e. The summed E-state index contributed by atoms with van der Waals surface area (Å²) in [6, 6.07) is 2.57. The maximum atomic E-state index is 12.0. The molecule has 1 rings (SSSR count). The number of halogens is 2. The first-order valence-electron chi connectivity index (χ1n) is 4.82. The van der Waals surface area contributed by atoms with E-state index in [4.69, 9.17) is 10.2 Å². The fraction of sp³-hybridized carbons (Fsp3) is 0.400. The third-order valence-corrected chi connectivity index (χ3v) is 1.98. The largest absolute Gasteiger partial charge is 0.478 e. The lowest BCUT2D eigenvalue weighted by atomic mass is 10.2. The van der Waals surface area contributed by atoms with Crippen LogP contribution < -0.4 is 5.32 Å². The van der Waals surface area contributed by atoms with E-state index in [1.54, 1.807) is 6.92 Å². The summed E-state index contributed by atoms with van der Waals surface area (Å²) in [6.07, 6.45) is -4.67. The molecule has 0 fully saturated rings. The number of nitrogens with one attached hydrogen (secondary N) is 1. The van der Waals surface area contributed by atoms with E-state index >= 15 is 0 Å². The molecule has 1 unspecified atom stereocenters. The first-order chi connectivity index (χ1) is 7.90. The molecule has 0 aliphatic heterocycles. The number of aromatic nitrogens is 1. The van der Waals surface area contributed by atoms with Crippen molar-refractivity contribution in [3.63, 3.8) is 0 Å². The number of carboxylic acid groups (broad SMARTS) is 1. The van der Waals surface area contributed by atoms with E-state index in [9.17, 15) is 13.6 Å². The lowest BCUT2D eigenvalue weighted by molar-refractivity contribution is 0.00380. The number of hydrogen-bond acceptors (Lipinski definition) is 4. The van der Waals surface area contributed by atoms with Gasteiger partial charge in [0.15, 0.2) is 0 Å². The minimum atomic E-state index is -2.86. The number of anilines is 1. The van der Waals surface area contributed by atoms with Crippen molar-refractivity contribution in [2.75, 3.05) is 11.9 Å². The van der Waals surface area contributed by atoms with Crippen LogP contribution in [0, 0.1) is 6.92 Å². The van der Waals surface area contributed by atoms with Gasteiger partial charge in [0.05, 0.1) is 5.56 Å². The highest BCUT2D eigenvalue weighted by Crippen LogP contribution is 2.11. The monoisotopic (exact) mass is 246 g/mol. The summed E-state index contributed by atoms with van der Waals surface area (Å²) in [6.45, 7) is 1.19. The third kappa shape index (κ3) is 3.95. The van der Waals surface area contributed by atoms with Crippen LogP contribution in [0.25, 0.3) is 0 Å². The van der Waals surface area contributed by atoms with Crippen LogP contribution in [0.1, 0.15) is 16.1 Å². The van der Waals surface area contributed by atoms with E-state index < -0.39 is 25.0 Å². The van der Waals surface area contributed by atoms with Gasteiger partial charge in [-0.2, -0.15) is 0 Å². The second-order valence-corrected chi connectivity index (χ2v) is 3.47. The summed E-state index contributed by atoms with van der Waals surface area (Å²) in [5.41, 5.74) is 0.450. The Morgan fingerprint density at radius 3 is 2.71 bits per heavy atom. The van der Waals surface area contributed by atoms with Crippen LogP contribution in [0.2, 0.25) is 0 Å². The number of rotatable bonds is 5. The van der Waals surface area contributed by atoms with Gasteiger partial charge < -0.3 is 15.5 Å². The van der Waals surface area contributed by atoms with E-state index in [1.807, 2.05) is 0 Å². The highest BCUT2D eigenvalue weighted by molar-refractivity contribution is 5.88. The van der Waals surface area contributed by atoms with Crippen molar-refractivity contribution in [3.8, 4) is 0 Å². The van der Waals surface area contributed by atoms with Gasteiger partial charge in [0.2, 0.25) is 0 Å². The van der Waals surface area contributed by atoms with Crippen molar-refractivity contribution < 1.29 is 23.8 Å². The van der Waals surface area contributed by atoms with Crippen molar-refractivity contribution in [1.82, 2.24) is 4.98 Å². The normalized spacial score (nSPS) is 12.5. The molecule has 5 nitrogen and oxygen atoms in total. The van der Waals surface area contributed by atoms with Gasteiger partial charge in [-0.1, -0.05) is 0 Å². The van der Waals surface area contributed by atoms with E-state index in [1.165, 1.54) is 12.1 Å². The molecule has 0 saturated carbocycles. The number of carboxylic acids is 1. The Balaban J connectivity index is 2.74. The molecular formula is C10H12F2N2O3. The van der Waals surface area contributed by atoms with Crippen LogP contribution in [0.15, 0.2) is 12.1 Å². The zero-order valence-electron chi connectivity index (χ0n) is 9.02. The number of hydrogen-bond donors (Lipinski definition) is 3. The molecule has 0 aliphatic rings. The van der Waals surface area contributed by atoms with Gasteiger partial charge in [-0.3, -0.25) is 0 Å². The van der Waals surface area contributed by atoms with E-state index in [2.05, 4.69) is 10.3 Å². The molecular weight excluding hydrogens is 234 g/mol. The molecule has 0 bridgehead atoms. The number of carbonyl (C=O) groups is 1. The fourth-order valence-corrected chi connectivity index (χ4v) is 1.18. The number of aromatic carboxylic acids is 1. The Morgan fingerprint density at radius 1 is 1.53 bits per heavy atom. The summed E-state index contributed by atoms with van der Waals surface area (Å²) in [5, 5.41) is 20.1. The Morgan fingerprint density at radius 2 is 2.18 bits per heavy atom. The van der Waals surface area contributed by atoms with Crippen molar-refractivity contribution in [2.45, 2.75) is 19.5 Å². The van der Waals surface area contributed by atoms with E-state index in [0.29, 0.717) is 5.69 Å². The topological polar surface area (TPSA) is 82.5 Å². The fourth-order valence-electron chi connectivity index (χ4n) is 1.18. The SMILES string of the molecule is Cc1cc(C(=O)O)cc(NCC(O)C(F)F)n1. The second kappa shape index (κ2) is 5.53. The number of pyridine rings is 1. The van der Waals surface area contributed by atoms with Crippen LogP contribution in [0.5, 0.6) is 0 Å². The molecule has 1 aromatic rings. The van der Waals surface area contributed by atoms with Gasteiger partial charge in [0.25, 0.3) is 6.43 Å². The molecule has 7 heteroatoms. The predicted octanol–water partition coefficient (Wildman–Crippen LogP) is 1.13. The van der Waals surface area contributed by atoms with Gasteiger partial charge >= 0.3 is 5.97 Å². The summed E-state index contributed by atoms with van der Waals surface area (Å²) in [7, 11) is 0. The summed E-state index contributed by atoms with van der Waals surface area (Å²) in [5.74, 6) is -0.991. The molecule has 0 radical (unpaired) electrons. The number of alkyl halides is 2. The van der Waals surface area contributed by atoms with Crippen LogP contribution in [-0.4, -0.2) is 40.2 Å². The second-order valence-electron chi connectivity index (χ2n) is 3.47. The number of aliphatic hydroxyl groups excluding tert-OH is 1. The Kier molecular flexibility index (Phi) is 4.33. The number of nitrogens with zero attached hydrogens (tertiary/aromatic N) is 1. The molecule has 1 aromatic heterocycles. The van der Waals surface area contributed by atoms with Gasteiger partial charge in [0.1, 0.15) is 11.9 Å². The smallest absolute Gasteiger partial charge is 0.335 e. The minimum absolute atomic E-state index is 0.00605. The van der Waals surface area contributed by atoms with Gasteiger partial charge in [-0.05, 0) is 19.1 Å². The van der Waals surface area contributed by atoms with Crippen molar-refractivity contribution in [2.24, 2.45) is 0 Å². The number of aliphatic hydroxyl groups is 1. The lowest BCUT2D eigenvalue weighted by Crippen LogP contribution is -2.27. The van der Waals surface area contributed by atoms with Crippen LogP contribution in [0.3, 0.4) is 0 Å². The molecule has 17 heavy (non-hydrogen) atoms. The standard InChI is InChI=1S/C10H12F2N2O3/c1-5-2-6(10(16)17)3-8(14-5)13-4-7(15)9(11)12/h2-3,7,9,15H,4H2,1H3,(H,13,14)(H,16,17). The highest BCUT2D eigenvalue weighted by Gasteiger charge is 2.16. The number of aryl methyl sites for hydroxylation is 1. The van der Waals surface area contributed by atoms with Crippen molar-refractivity contribution in [1.29, 1.82) is 0 Å². The van der Waals surface area contributed by atoms with Crippen LogP contribution >= 0.6 is 0 Å². The van der Waals surface area contributed by atoms with Gasteiger partial charge in [-0.25, -0.2) is 18.6 Å². The Bertz CT molecular complexity index is 413. The molecule has 0 aliphatic carbocycles. The zero-order valence-corrected chi connectivity index (χ0v) is 9.02. The third-order valence-electron chi connectivity index (χ3n) is 1.98. The summed E-state index contributed by atoms with van der Waals surface area (Å²) < 4.78 is 24.0. The maximum Gasteiger partial charge on any atom is 0.335 e. The summed E-state index contributed by atoms with van der Waals surface area (Å²) >= 11 is 0. The maximum absolute atomic E-state index is 12.0. The predicted molar refractivity (Wildman–Crippen MR) is 56.4 cm³/mol. The van der Waals surface area contributed by atoms with Gasteiger partial charge in [0, 0.05) is 12.2 Å². The summed E-state index contributed by atoms with van der Waals surface area (Å²) in [4.78, 5) is 14.6. The zero-order chi connectivity index (χ0) is 13.0. The van der Waals surface area contributed by atoms with Gasteiger partial charge in [-0.15, -0.1) is 0 Å². The van der Waals surface area contributed by atoms with Crippen molar-refractivity contribution >= 4 is 11.8 Å². The Hall–Kier alpha value is -1.76. The first kappa shape index (κ1) is 13.3. The molecule has 94 valence electrons. The molecule has 3 N–H and O–H groups in total. The average Bonchev–Trinajstić information content (AvgIpc) is 2.24.